The number of carbonyl (C=O) groups excluding carboxylic acids is 2. The fraction of sp³-hybridized carbons (Fsp3) is 0.167. The molecule has 1 N–H and O–H groups in total. The quantitative estimate of drug-likeness (QED) is 0.451. The van der Waals surface area contributed by atoms with Crippen molar-refractivity contribution in [2.75, 3.05) is 18.4 Å². The molecule has 0 spiro atoms. The summed E-state index contributed by atoms with van der Waals surface area (Å²) in [6.07, 6.45) is 3.90. The summed E-state index contributed by atoms with van der Waals surface area (Å²) >= 11 is 1.38. The molecule has 1 aliphatic heterocycles. The first kappa shape index (κ1) is 21.0. The maximum absolute atomic E-state index is 12.9. The third-order valence-electron chi connectivity index (χ3n) is 5.24. The number of halogens is 1. The predicted octanol–water partition coefficient (Wildman–Crippen LogP) is 4.65. The standard InChI is InChI=1S/C24H19FN4O3S/c25-16-4-7-21(27-14-16)28-22(30)12-15-2-5-17(6-3-15)32-19-8-9-26-18-13-20(33-23(18)19)24(31)29-10-1-11-29/h2-9,13-14H,1,10-12H2,(H,27,28,30). The number of hydrogen-bond acceptors (Lipinski definition) is 6. The van der Waals surface area contributed by atoms with Crippen LogP contribution in [0.4, 0.5) is 10.2 Å². The lowest BCUT2D eigenvalue weighted by Gasteiger charge is -2.30. The summed E-state index contributed by atoms with van der Waals surface area (Å²) in [7, 11) is 0. The van der Waals surface area contributed by atoms with E-state index in [1.165, 1.54) is 23.5 Å². The first-order valence-corrected chi connectivity index (χ1v) is 11.2. The molecule has 1 aliphatic rings. The van der Waals surface area contributed by atoms with Gasteiger partial charge in [-0.1, -0.05) is 12.1 Å². The number of carbonyl (C=O) groups is 2. The van der Waals surface area contributed by atoms with E-state index in [2.05, 4.69) is 15.3 Å². The Morgan fingerprint density at radius 3 is 2.61 bits per heavy atom. The van der Waals surface area contributed by atoms with Crippen molar-refractivity contribution in [3.63, 3.8) is 0 Å². The first-order valence-electron chi connectivity index (χ1n) is 10.4. The monoisotopic (exact) mass is 462 g/mol. The molecule has 9 heteroatoms. The summed E-state index contributed by atoms with van der Waals surface area (Å²) < 4.78 is 19.8. The average molecular weight is 463 g/mol. The van der Waals surface area contributed by atoms with E-state index in [0.29, 0.717) is 22.2 Å². The minimum atomic E-state index is -0.462. The molecule has 1 saturated heterocycles. The Morgan fingerprint density at radius 2 is 1.91 bits per heavy atom. The number of fused-ring (bicyclic) bond motifs is 1. The fourth-order valence-corrected chi connectivity index (χ4v) is 4.43. The highest BCUT2D eigenvalue weighted by atomic mass is 32.1. The second-order valence-electron chi connectivity index (χ2n) is 7.61. The van der Waals surface area contributed by atoms with Crippen LogP contribution >= 0.6 is 11.3 Å². The van der Waals surface area contributed by atoms with Crippen molar-refractivity contribution in [1.82, 2.24) is 14.9 Å². The zero-order valence-corrected chi connectivity index (χ0v) is 18.3. The van der Waals surface area contributed by atoms with Gasteiger partial charge in [0, 0.05) is 25.4 Å². The molecule has 33 heavy (non-hydrogen) atoms. The molecule has 0 aliphatic carbocycles. The van der Waals surface area contributed by atoms with Gasteiger partial charge < -0.3 is 15.0 Å². The minimum Gasteiger partial charge on any atom is -0.456 e. The SMILES string of the molecule is O=C(Cc1ccc(Oc2ccnc3cc(C(=O)N4CCC4)sc23)cc1)Nc1ccc(F)cn1. The minimum absolute atomic E-state index is 0.0358. The third kappa shape index (κ3) is 4.68. The van der Waals surface area contributed by atoms with Gasteiger partial charge in [0.2, 0.25) is 5.91 Å². The van der Waals surface area contributed by atoms with Gasteiger partial charge in [-0.05, 0) is 42.3 Å². The van der Waals surface area contributed by atoms with Crippen molar-refractivity contribution in [2.45, 2.75) is 12.8 Å². The summed E-state index contributed by atoms with van der Waals surface area (Å²) in [5.41, 5.74) is 1.52. The number of likely N-dealkylation sites (tertiary alicyclic amines) is 1. The largest absolute Gasteiger partial charge is 0.456 e. The van der Waals surface area contributed by atoms with Crippen LogP contribution in [0.5, 0.6) is 11.5 Å². The number of hydrogen-bond donors (Lipinski definition) is 1. The number of aromatic nitrogens is 2. The Kier molecular flexibility index (Phi) is 5.70. The highest BCUT2D eigenvalue weighted by Gasteiger charge is 2.24. The van der Waals surface area contributed by atoms with E-state index < -0.39 is 5.82 Å². The molecule has 7 nitrogen and oxygen atoms in total. The van der Waals surface area contributed by atoms with Gasteiger partial charge in [-0.25, -0.2) is 9.37 Å². The van der Waals surface area contributed by atoms with Crippen LogP contribution in [0, 0.1) is 5.82 Å². The Balaban J connectivity index is 1.26. The number of benzene rings is 1. The molecule has 1 fully saturated rings. The molecule has 0 unspecified atom stereocenters. The van der Waals surface area contributed by atoms with Gasteiger partial charge in [0.25, 0.3) is 5.91 Å². The number of nitrogens with one attached hydrogen (secondary N) is 1. The second-order valence-corrected chi connectivity index (χ2v) is 8.66. The van der Waals surface area contributed by atoms with E-state index in [-0.39, 0.29) is 18.2 Å². The van der Waals surface area contributed by atoms with E-state index in [4.69, 9.17) is 4.74 Å². The maximum Gasteiger partial charge on any atom is 0.264 e. The number of pyridine rings is 2. The maximum atomic E-state index is 12.9. The molecule has 4 heterocycles. The van der Waals surface area contributed by atoms with Crippen LogP contribution in [0.1, 0.15) is 21.7 Å². The molecule has 0 bridgehead atoms. The Morgan fingerprint density at radius 1 is 1.09 bits per heavy atom. The number of anilines is 1. The number of rotatable bonds is 6. The van der Waals surface area contributed by atoms with Gasteiger partial charge in [-0.3, -0.25) is 14.6 Å². The molecule has 5 rings (SSSR count). The van der Waals surface area contributed by atoms with Crippen LogP contribution in [0.3, 0.4) is 0 Å². The number of ether oxygens (including phenoxy) is 1. The summed E-state index contributed by atoms with van der Waals surface area (Å²) in [4.78, 5) is 35.4. The number of amides is 2. The van der Waals surface area contributed by atoms with Crippen LogP contribution in [0.15, 0.2) is 60.9 Å². The second kappa shape index (κ2) is 8.95. The zero-order chi connectivity index (χ0) is 22.8. The number of thiophene rings is 1. The zero-order valence-electron chi connectivity index (χ0n) is 17.5. The van der Waals surface area contributed by atoms with E-state index in [1.54, 1.807) is 36.5 Å². The highest BCUT2D eigenvalue weighted by Crippen LogP contribution is 2.35. The van der Waals surface area contributed by atoms with E-state index in [0.717, 1.165) is 41.5 Å². The topological polar surface area (TPSA) is 84.4 Å². The van der Waals surface area contributed by atoms with E-state index >= 15 is 0 Å². The van der Waals surface area contributed by atoms with Crippen molar-refractivity contribution in [3.8, 4) is 11.5 Å². The third-order valence-corrected chi connectivity index (χ3v) is 6.37. The van der Waals surface area contributed by atoms with Crippen molar-refractivity contribution in [3.05, 3.63) is 77.2 Å². The lowest BCUT2D eigenvalue weighted by molar-refractivity contribution is -0.115. The van der Waals surface area contributed by atoms with Crippen molar-refractivity contribution in [2.24, 2.45) is 0 Å². The molecule has 0 radical (unpaired) electrons. The summed E-state index contributed by atoms with van der Waals surface area (Å²) in [5.74, 6) is 0.851. The molecular formula is C24H19FN4O3S. The molecule has 2 amide bonds. The molecule has 4 aromatic rings. The van der Waals surface area contributed by atoms with Crippen LogP contribution < -0.4 is 10.1 Å². The van der Waals surface area contributed by atoms with Gasteiger partial charge in [0.05, 0.1) is 27.7 Å². The van der Waals surface area contributed by atoms with E-state index in [1.807, 2.05) is 11.0 Å². The van der Waals surface area contributed by atoms with Crippen molar-refractivity contribution in [1.29, 1.82) is 0 Å². The lowest BCUT2D eigenvalue weighted by Crippen LogP contribution is -2.41. The van der Waals surface area contributed by atoms with Crippen molar-refractivity contribution < 1.29 is 18.7 Å². The predicted molar refractivity (Wildman–Crippen MR) is 123 cm³/mol. The molecule has 0 saturated carbocycles. The van der Waals surface area contributed by atoms with Gasteiger partial charge in [0.1, 0.15) is 23.1 Å². The summed E-state index contributed by atoms with van der Waals surface area (Å²) in [5, 5.41) is 2.64. The summed E-state index contributed by atoms with van der Waals surface area (Å²) in [6.45, 7) is 1.60. The van der Waals surface area contributed by atoms with Crippen LogP contribution in [-0.2, 0) is 11.2 Å². The van der Waals surface area contributed by atoms with Gasteiger partial charge >= 0.3 is 0 Å². The Labute approximate surface area is 192 Å². The molecule has 0 atom stereocenters. The van der Waals surface area contributed by atoms with Crippen molar-refractivity contribution >= 4 is 39.2 Å². The average Bonchev–Trinajstić information content (AvgIpc) is 3.21. The van der Waals surface area contributed by atoms with Gasteiger partial charge in [0.15, 0.2) is 0 Å². The Bertz CT molecular complexity index is 1320. The number of nitrogens with zero attached hydrogens (tertiary/aromatic N) is 3. The molecule has 166 valence electrons. The smallest absolute Gasteiger partial charge is 0.264 e. The normalized spacial score (nSPS) is 12.9. The van der Waals surface area contributed by atoms with Gasteiger partial charge in [-0.15, -0.1) is 11.3 Å². The highest BCUT2D eigenvalue weighted by molar-refractivity contribution is 7.21. The van der Waals surface area contributed by atoms with Gasteiger partial charge in [-0.2, -0.15) is 0 Å². The Hall–Kier alpha value is -3.85. The first-order chi connectivity index (χ1) is 16.0. The summed E-state index contributed by atoms with van der Waals surface area (Å²) in [6, 6.07) is 13.4. The van der Waals surface area contributed by atoms with Crippen LogP contribution in [0.25, 0.3) is 10.2 Å². The molecule has 3 aromatic heterocycles. The van der Waals surface area contributed by atoms with E-state index in [9.17, 15) is 14.0 Å². The molecule has 1 aromatic carbocycles. The van der Waals surface area contributed by atoms with Crippen LogP contribution in [-0.4, -0.2) is 39.8 Å². The van der Waals surface area contributed by atoms with Crippen LogP contribution in [0.2, 0.25) is 0 Å². The molecular weight excluding hydrogens is 443 g/mol. The fourth-order valence-electron chi connectivity index (χ4n) is 3.40. The lowest BCUT2D eigenvalue weighted by atomic mass is 10.1.